The van der Waals surface area contributed by atoms with Gasteiger partial charge in [0.25, 0.3) is 0 Å². The quantitative estimate of drug-likeness (QED) is 0.504. The van der Waals surface area contributed by atoms with Crippen LogP contribution in [0.5, 0.6) is 0 Å². The van der Waals surface area contributed by atoms with Gasteiger partial charge in [0, 0.05) is 7.11 Å². The van der Waals surface area contributed by atoms with Crippen molar-refractivity contribution in [1.29, 1.82) is 0 Å². The lowest BCUT2D eigenvalue weighted by molar-refractivity contribution is -0.147. The van der Waals surface area contributed by atoms with Gasteiger partial charge in [-0.1, -0.05) is 0 Å². The van der Waals surface area contributed by atoms with Crippen molar-refractivity contribution in [2.24, 2.45) is 0 Å². The summed E-state index contributed by atoms with van der Waals surface area (Å²) in [6.07, 6.45) is -0.681. The molecule has 3 N–H and O–H groups in total. The number of carboxylic acids is 1. The topological polar surface area (TPSA) is 87.0 Å². The minimum Gasteiger partial charge on any atom is -0.479 e. The maximum absolute atomic E-state index is 9.81. The van der Waals surface area contributed by atoms with Gasteiger partial charge in [-0.2, -0.15) is 0 Å². The second-order valence-electron chi connectivity index (χ2n) is 1.66. The van der Waals surface area contributed by atoms with Crippen molar-refractivity contribution in [3.8, 4) is 0 Å². The Morgan fingerprint density at radius 2 is 1.82 bits per heavy atom. The average molecular weight is 166 g/mol. The van der Waals surface area contributed by atoms with Crippen molar-refractivity contribution in [2.45, 2.75) is 13.0 Å². The molecule has 0 aliphatic rings. The molecule has 0 saturated carbocycles. The highest BCUT2D eigenvalue weighted by molar-refractivity contribution is 5.71. The maximum Gasteiger partial charge on any atom is 0.332 e. The number of methoxy groups -OCH3 is 1. The number of carbonyl (C=O) groups is 1. The first kappa shape index (κ1) is 13.0. The molecule has 0 heterocycles. The van der Waals surface area contributed by atoms with Gasteiger partial charge in [-0.05, 0) is 6.92 Å². The maximum atomic E-state index is 9.81. The Morgan fingerprint density at radius 3 is 1.82 bits per heavy atom. The molecule has 0 fully saturated rings. The molecule has 0 aromatic heterocycles. The van der Waals surface area contributed by atoms with Crippen LogP contribution in [0.2, 0.25) is 0 Å². The lowest BCUT2D eigenvalue weighted by Crippen LogP contribution is -2.17. The van der Waals surface area contributed by atoms with E-state index >= 15 is 0 Å². The molecule has 0 rings (SSSR count). The van der Waals surface area contributed by atoms with Gasteiger partial charge in [0.1, 0.15) is 0 Å². The SMILES string of the molecule is COC(C)C(=O)O.OCCO. The van der Waals surface area contributed by atoms with Crippen LogP contribution in [0.4, 0.5) is 0 Å². The van der Waals surface area contributed by atoms with Crippen LogP contribution in [0.3, 0.4) is 0 Å². The summed E-state index contributed by atoms with van der Waals surface area (Å²) in [5.41, 5.74) is 0. The van der Waals surface area contributed by atoms with Crippen LogP contribution in [-0.2, 0) is 9.53 Å². The molecule has 5 heteroatoms. The molecular weight excluding hydrogens is 152 g/mol. The molecule has 0 aromatic rings. The molecule has 0 aromatic carbocycles. The number of aliphatic hydroxyl groups is 2. The fourth-order valence-corrected chi connectivity index (χ4v) is 0.101. The number of hydrogen-bond donors (Lipinski definition) is 3. The van der Waals surface area contributed by atoms with Crippen molar-refractivity contribution < 1.29 is 24.9 Å². The largest absolute Gasteiger partial charge is 0.479 e. The van der Waals surface area contributed by atoms with Crippen molar-refractivity contribution >= 4 is 5.97 Å². The zero-order valence-electron chi connectivity index (χ0n) is 6.65. The monoisotopic (exact) mass is 166 g/mol. The van der Waals surface area contributed by atoms with Crippen LogP contribution in [0.1, 0.15) is 6.92 Å². The third-order valence-corrected chi connectivity index (χ3v) is 0.801. The minimum absolute atomic E-state index is 0.125. The van der Waals surface area contributed by atoms with Crippen LogP contribution < -0.4 is 0 Å². The van der Waals surface area contributed by atoms with E-state index in [-0.39, 0.29) is 13.2 Å². The summed E-state index contributed by atoms with van der Waals surface area (Å²) in [5.74, 6) is -0.928. The number of hydrogen-bond acceptors (Lipinski definition) is 4. The smallest absolute Gasteiger partial charge is 0.332 e. The van der Waals surface area contributed by atoms with E-state index in [1.807, 2.05) is 0 Å². The van der Waals surface area contributed by atoms with E-state index in [1.165, 1.54) is 14.0 Å². The van der Waals surface area contributed by atoms with Crippen LogP contribution in [0, 0.1) is 0 Å². The number of aliphatic hydroxyl groups excluding tert-OH is 2. The van der Waals surface area contributed by atoms with E-state index in [1.54, 1.807) is 0 Å². The summed E-state index contributed by atoms with van der Waals surface area (Å²) in [6, 6.07) is 0. The standard InChI is InChI=1S/C4H8O3.C2H6O2/c1-3(7-2)4(5)6;3-1-2-4/h3H,1-2H3,(H,5,6);3-4H,1-2H2. The van der Waals surface area contributed by atoms with Gasteiger partial charge in [-0.25, -0.2) is 4.79 Å². The summed E-state index contributed by atoms with van der Waals surface area (Å²) in [4.78, 5) is 9.81. The Labute approximate surface area is 65.2 Å². The van der Waals surface area contributed by atoms with E-state index in [9.17, 15) is 4.79 Å². The highest BCUT2D eigenvalue weighted by Gasteiger charge is 2.06. The van der Waals surface area contributed by atoms with Crippen LogP contribution >= 0.6 is 0 Å². The van der Waals surface area contributed by atoms with Gasteiger partial charge < -0.3 is 20.1 Å². The molecule has 5 nitrogen and oxygen atoms in total. The first-order valence-electron chi connectivity index (χ1n) is 3.07. The van der Waals surface area contributed by atoms with E-state index in [0.717, 1.165) is 0 Å². The second-order valence-corrected chi connectivity index (χ2v) is 1.66. The fraction of sp³-hybridized carbons (Fsp3) is 0.833. The van der Waals surface area contributed by atoms with E-state index < -0.39 is 12.1 Å². The van der Waals surface area contributed by atoms with E-state index in [2.05, 4.69) is 4.74 Å². The van der Waals surface area contributed by atoms with Crippen molar-refractivity contribution in [1.82, 2.24) is 0 Å². The van der Waals surface area contributed by atoms with Gasteiger partial charge >= 0.3 is 5.97 Å². The first-order chi connectivity index (χ1) is 5.09. The second kappa shape index (κ2) is 9.35. The molecule has 0 radical (unpaired) electrons. The molecular formula is C6H14O5. The average Bonchev–Trinajstić information content (AvgIpc) is 2.03. The molecule has 0 aliphatic heterocycles. The van der Waals surface area contributed by atoms with Crippen LogP contribution in [-0.4, -0.2) is 47.7 Å². The lowest BCUT2D eigenvalue weighted by Gasteiger charge is -1.98. The highest BCUT2D eigenvalue weighted by Crippen LogP contribution is 1.83. The summed E-state index contributed by atoms with van der Waals surface area (Å²) >= 11 is 0. The number of ether oxygens (including phenoxy) is 1. The first-order valence-corrected chi connectivity index (χ1v) is 3.07. The highest BCUT2D eigenvalue weighted by atomic mass is 16.5. The number of aliphatic carboxylic acids is 1. The Kier molecular flexibility index (Phi) is 11.0. The van der Waals surface area contributed by atoms with Gasteiger partial charge in [0.15, 0.2) is 6.10 Å². The third kappa shape index (κ3) is 12.5. The van der Waals surface area contributed by atoms with Crippen molar-refractivity contribution in [3.63, 3.8) is 0 Å². The molecule has 0 spiro atoms. The number of carboxylic acid groups (broad SMARTS) is 1. The Hall–Kier alpha value is -0.650. The van der Waals surface area contributed by atoms with Crippen molar-refractivity contribution in [3.05, 3.63) is 0 Å². The van der Waals surface area contributed by atoms with Crippen molar-refractivity contribution in [2.75, 3.05) is 20.3 Å². The molecule has 0 amide bonds. The summed E-state index contributed by atoms with van der Waals surface area (Å²) in [5, 5.41) is 23.3. The fourth-order valence-electron chi connectivity index (χ4n) is 0.101. The third-order valence-electron chi connectivity index (χ3n) is 0.801. The summed E-state index contributed by atoms with van der Waals surface area (Å²) in [7, 11) is 1.36. The molecule has 0 aliphatic carbocycles. The molecule has 11 heavy (non-hydrogen) atoms. The molecule has 1 unspecified atom stereocenters. The summed E-state index contributed by atoms with van der Waals surface area (Å²) < 4.78 is 4.41. The summed E-state index contributed by atoms with van der Waals surface area (Å²) in [6.45, 7) is 1.22. The predicted octanol–water partition coefficient (Wildman–Crippen LogP) is -0.923. The van der Waals surface area contributed by atoms with Gasteiger partial charge in [-0.3, -0.25) is 0 Å². The van der Waals surface area contributed by atoms with E-state index in [4.69, 9.17) is 15.3 Å². The molecule has 68 valence electrons. The predicted molar refractivity (Wildman–Crippen MR) is 38.3 cm³/mol. The molecule has 1 atom stereocenters. The van der Waals surface area contributed by atoms with E-state index in [0.29, 0.717) is 0 Å². The zero-order valence-corrected chi connectivity index (χ0v) is 6.65. The minimum atomic E-state index is -0.928. The van der Waals surface area contributed by atoms with Gasteiger partial charge in [-0.15, -0.1) is 0 Å². The molecule has 0 bridgehead atoms. The lowest BCUT2D eigenvalue weighted by atomic mass is 10.4. The molecule has 0 saturated heterocycles. The van der Waals surface area contributed by atoms with Crippen LogP contribution in [0.15, 0.2) is 0 Å². The van der Waals surface area contributed by atoms with Crippen LogP contribution in [0.25, 0.3) is 0 Å². The Morgan fingerprint density at radius 1 is 1.45 bits per heavy atom. The zero-order chi connectivity index (χ0) is 9.28. The van der Waals surface area contributed by atoms with Gasteiger partial charge in [0.05, 0.1) is 13.2 Å². The Balaban J connectivity index is 0. The normalized spacial score (nSPS) is 11.3. The number of rotatable bonds is 3. The Bertz CT molecular complexity index is 91.0. The van der Waals surface area contributed by atoms with Gasteiger partial charge in [0.2, 0.25) is 0 Å².